The fourth-order valence-corrected chi connectivity index (χ4v) is 3.93. The molecule has 0 amide bonds. The summed E-state index contributed by atoms with van der Waals surface area (Å²) in [6.07, 6.45) is -17.1. The third-order valence-corrected chi connectivity index (χ3v) is 5.26. The van der Waals surface area contributed by atoms with Gasteiger partial charge in [-0.1, -0.05) is 11.6 Å². The van der Waals surface area contributed by atoms with E-state index in [9.17, 15) is 39.5 Å². The molecule has 1 aromatic carbocycles. The molecular weight excluding hydrogens is 493 g/mol. The maximum atomic E-state index is 13.4. The third-order valence-electron chi connectivity index (χ3n) is 5.03. The van der Waals surface area contributed by atoms with Crippen molar-refractivity contribution in [2.75, 3.05) is 11.4 Å². The molecule has 5 nitrogen and oxygen atoms in total. The topological polar surface area (TPSA) is 57.7 Å². The van der Waals surface area contributed by atoms with Gasteiger partial charge in [0.05, 0.1) is 12.5 Å². The van der Waals surface area contributed by atoms with E-state index in [0.29, 0.717) is 26.4 Å². The van der Waals surface area contributed by atoms with Crippen molar-refractivity contribution in [1.82, 2.24) is 19.9 Å². The number of halogens is 10. The average molecular weight is 504 g/mol. The molecule has 33 heavy (non-hydrogen) atoms. The highest BCUT2D eigenvalue weighted by Crippen LogP contribution is 2.43. The van der Waals surface area contributed by atoms with Crippen molar-refractivity contribution in [2.24, 2.45) is 0 Å². The fraction of sp³-hybridized carbons (Fsp3) is 0.389. The third kappa shape index (κ3) is 4.66. The van der Waals surface area contributed by atoms with Crippen LogP contribution in [-0.4, -0.2) is 32.7 Å². The zero-order valence-corrected chi connectivity index (χ0v) is 16.8. The van der Waals surface area contributed by atoms with E-state index in [-0.39, 0.29) is 18.7 Å². The van der Waals surface area contributed by atoms with E-state index in [0.717, 1.165) is 0 Å². The molecule has 0 spiro atoms. The first-order valence-corrected chi connectivity index (χ1v) is 9.55. The first-order valence-electron chi connectivity index (χ1n) is 9.17. The van der Waals surface area contributed by atoms with Gasteiger partial charge in [0.1, 0.15) is 0 Å². The summed E-state index contributed by atoms with van der Waals surface area (Å²) in [6.45, 7) is -0.369. The zero-order valence-electron chi connectivity index (χ0n) is 16.0. The average Bonchev–Trinajstić information content (AvgIpc) is 3.04. The summed E-state index contributed by atoms with van der Waals surface area (Å²) in [5.41, 5.74) is 0.832. The molecule has 0 fully saturated rings. The Hall–Kier alpha value is -2.77. The van der Waals surface area contributed by atoms with Crippen molar-refractivity contribution in [2.45, 2.75) is 37.4 Å². The Balaban J connectivity index is 1.89. The predicted molar refractivity (Wildman–Crippen MR) is 97.6 cm³/mol. The maximum Gasteiger partial charge on any atom is 0.451 e. The van der Waals surface area contributed by atoms with Crippen LogP contribution in [0.25, 0.3) is 10.9 Å². The minimum atomic E-state index is -5.38. The Morgan fingerprint density at radius 1 is 0.939 bits per heavy atom. The van der Waals surface area contributed by atoms with Crippen LogP contribution in [0.2, 0.25) is 5.02 Å². The molecule has 1 aliphatic rings. The molecule has 0 bridgehead atoms. The molecule has 4 rings (SSSR count). The molecule has 0 radical (unpaired) electrons. The summed E-state index contributed by atoms with van der Waals surface area (Å²) in [7, 11) is 0. The number of anilines is 1. The second-order valence-corrected chi connectivity index (χ2v) is 7.70. The van der Waals surface area contributed by atoms with Crippen LogP contribution in [0.4, 0.5) is 45.5 Å². The van der Waals surface area contributed by atoms with Crippen molar-refractivity contribution < 1.29 is 39.5 Å². The highest BCUT2D eigenvalue weighted by Gasteiger charge is 2.45. The number of fused-ring (bicyclic) bond motifs is 3. The molecule has 178 valence electrons. The minimum Gasteiger partial charge on any atom is -0.356 e. The molecule has 1 aliphatic heterocycles. The zero-order chi connectivity index (χ0) is 24.3. The normalized spacial score (nSPS) is 17.5. The largest absolute Gasteiger partial charge is 0.451 e. The molecule has 0 saturated heterocycles. The number of alkyl halides is 9. The van der Waals surface area contributed by atoms with Gasteiger partial charge in [-0.25, -0.2) is 4.98 Å². The molecule has 1 N–H and O–H groups in total. The molecule has 0 unspecified atom stereocenters. The lowest BCUT2D eigenvalue weighted by Gasteiger charge is -2.36. The Bertz CT molecular complexity index is 1170. The van der Waals surface area contributed by atoms with Crippen LogP contribution in [-0.2, 0) is 18.8 Å². The van der Waals surface area contributed by atoms with Gasteiger partial charge in [0.15, 0.2) is 0 Å². The fourth-order valence-electron chi connectivity index (χ4n) is 3.76. The number of aromatic nitrogens is 4. The van der Waals surface area contributed by atoms with Gasteiger partial charge in [-0.3, -0.25) is 0 Å². The second kappa shape index (κ2) is 7.64. The molecule has 0 aliphatic carbocycles. The van der Waals surface area contributed by atoms with Crippen LogP contribution >= 0.6 is 11.6 Å². The molecule has 1 atom stereocenters. The van der Waals surface area contributed by atoms with Gasteiger partial charge in [-0.05, 0) is 30.2 Å². The number of nitrogens with one attached hydrogen (secondary N) is 1. The first-order chi connectivity index (χ1) is 15.1. The molecule has 3 aromatic rings. The van der Waals surface area contributed by atoms with E-state index < -0.39 is 48.6 Å². The van der Waals surface area contributed by atoms with Gasteiger partial charge >= 0.3 is 18.5 Å². The Morgan fingerprint density at radius 2 is 1.55 bits per heavy atom. The van der Waals surface area contributed by atoms with Crippen molar-refractivity contribution in [1.29, 1.82) is 0 Å². The number of nitrogens with zero attached hydrogens (tertiary/aromatic N) is 4. The van der Waals surface area contributed by atoms with Crippen molar-refractivity contribution >= 4 is 28.5 Å². The lowest BCUT2D eigenvalue weighted by Crippen LogP contribution is -2.40. The lowest BCUT2D eigenvalue weighted by atomic mass is 9.95. The van der Waals surface area contributed by atoms with Crippen molar-refractivity contribution in [3.63, 3.8) is 0 Å². The molecular formula is C18H11ClF9N5. The molecule has 15 heteroatoms. The summed E-state index contributed by atoms with van der Waals surface area (Å²) in [5, 5.41) is 0.813. The Morgan fingerprint density at radius 3 is 2.09 bits per heavy atom. The molecule has 3 heterocycles. The quantitative estimate of drug-likeness (QED) is 0.429. The van der Waals surface area contributed by atoms with Gasteiger partial charge in [0.2, 0.25) is 17.6 Å². The highest BCUT2D eigenvalue weighted by molar-refractivity contribution is 6.31. The smallest absolute Gasteiger partial charge is 0.356 e. The van der Waals surface area contributed by atoms with Crippen molar-refractivity contribution in [3.8, 4) is 0 Å². The molecule has 2 aromatic heterocycles. The van der Waals surface area contributed by atoms with Crippen LogP contribution in [0.1, 0.15) is 35.4 Å². The monoisotopic (exact) mass is 503 g/mol. The Labute approximate surface area is 183 Å². The van der Waals surface area contributed by atoms with Crippen LogP contribution in [0.5, 0.6) is 0 Å². The summed E-state index contributed by atoms with van der Waals surface area (Å²) in [6, 6.07) is 2.81. The van der Waals surface area contributed by atoms with E-state index in [1.165, 1.54) is 18.2 Å². The summed E-state index contributed by atoms with van der Waals surface area (Å²) >= 11 is 5.96. The second-order valence-electron chi connectivity index (χ2n) is 7.26. The number of rotatable bonds is 2. The van der Waals surface area contributed by atoms with E-state index in [2.05, 4.69) is 19.9 Å². The standard InChI is InChI=1S/C18H11ClF9N5/c19-7-1-2-10-9(5-7)8-3-4-33(11(12(8)29-10)6-16(20,21)22)15-31-13(17(23,24)25)30-14(32-15)18(26,27)28/h1-2,5,11,29H,3-4,6H2/t11-/m0/s1. The van der Waals surface area contributed by atoms with E-state index in [1.807, 2.05) is 0 Å². The Kier molecular flexibility index (Phi) is 5.41. The van der Waals surface area contributed by atoms with E-state index >= 15 is 0 Å². The van der Waals surface area contributed by atoms with Gasteiger partial charge < -0.3 is 9.88 Å². The number of benzene rings is 1. The number of hydrogen-bond donors (Lipinski definition) is 1. The number of aromatic amines is 1. The molecule has 0 saturated carbocycles. The highest BCUT2D eigenvalue weighted by atomic mass is 35.5. The van der Waals surface area contributed by atoms with Crippen LogP contribution in [0.15, 0.2) is 18.2 Å². The van der Waals surface area contributed by atoms with Gasteiger partial charge in [0.25, 0.3) is 0 Å². The van der Waals surface area contributed by atoms with Crippen LogP contribution in [0.3, 0.4) is 0 Å². The minimum absolute atomic E-state index is 0.00157. The predicted octanol–water partition coefficient (Wildman–Crippen LogP) is 6.10. The maximum absolute atomic E-state index is 13.4. The lowest BCUT2D eigenvalue weighted by molar-refractivity contribution is -0.155. The van der Waals surface area contributed by atoms with E-state index in [1.54, 1.807) is 0 Å². The summed E-state index contributed by atoms with van der Waals surface area (Å²) in [5.74, 6) is -5.46. The first kappa shape index (κ1) is 23.4. The van der Waals surface area contributed by atoms with Crippen molar-refractivity contribution in [3.05, 3.63) is 46.1 Å². The van der Waals surface area contributed by atoms with Crippen LogP contribution < -0.4 is 4.90 Å². The van der Waals surface area contributed by atoms with Crippen LogP contribution in [0, 0.1) is 0 Å². The van der Waals surface area contributed by atoms with Gasteiger partial charge in [-0.2, -0.15) is 49.5 Å². The number of hydrogen-bond acceptors (Lipinski definition) is 4. The summed E-state index contributed by atoms with van der Waals surface area (Å²) < 4.78 is 119. The van der Waals surface area contributed by atoms with Gasteiger partial charge in [-0.15, -0.1) is 0 Å². The number of H-pyrrole nitrogens is 1. The van der Waals surface area contributed by atoms with E-state index in [4.69, 9.17) is 11.6 Å². The SMILES string of the molecule is FC(F)(F)C[C@H]1c2[nH]c3ccc(Cl)cc3c2CCN1c1nc(C(F)(F)F)nc(C(F)(F)F)n1. The summed E-state index contributed by atoms with van der Waals surface area (Å²) in [4.78, 5) is 12.0. The van der Waals surface area contributed by atoms with Gasteiger partial charge in [0, 0.05) is 28.2 Å².